The maximum atomic E-state index is 12.7. The fourth-order valence-electron chi connectivity index (χ4n) is 4.09. The van der Waals surface area contributed by atoms with Gasteiger partial charge in [-0.05, 0) is 76.5 Å². The van der Waals surface area contributed by atoms with E-state index in [4.69, 9.17) is 4.99 Å². The molecule has 2 aromatic rings. The average molecular weight is 405 g/mol. The van der Waals surface area contributed by atoms with Crippen LogP contribution in [0.15, 0.2) is 35.3 Å². The van der Waals surface area contributed by atoms with E-state index in [2.05, 4.69) is 14.8 Å². The van der Waals surface area contributed by atoms with Gasteiger partial charge in [-0.2, -0.15) is 0 Å². The monoisotopic (exact) mass is 404 g/mol. The maximum absolute atomic E-state index is 12.7. The Morgan fingerprint density at radius 3 is 2.53 bits per heavy atom. The van der Waals surface area contributed by atoms with Crippen LogP contribution in [0.4, 0.5) is 0 Å². The van der Waals surface area contributed by atoms with Crippen LogP contribution in [0, 0.1) is 0 Å². The minimum atomic E-state index is 0.0255. The van der Waals surface area contributed by atoms with E-state index in [0.717, 1.165) is 69.6 Å². The first-order chi connectivity index (χ1) is 14.4. The van der Waals surface area contributed by atoms with Crippen LogP contribution in [0.5, 0.6) is 5.75 Å². The van der Waals surface area contributed by atoms with Gasteiger partial charge in [0.1, 0.15) is 5.75 Å². The lowest BCUT2D eigenvalue weighted by molar-refractivity contribution is 0.104. The Kier molecular flexibility index (Phi) is 5.45. The maximum Gasteiger partial charge on any atom is 0.188 e. The van der Waals surface area contributed by atoms with Gasteiger partial charge in [0, 0.05) is 18.3 Å². The van der Waals surface area contributed by atoms with E-state index in [-0.39, 0.29) is 11.5 Å². The van der Waals surface area contributed by atoms with E-state index in [0.29, 0.717) is 0 Å². The summed E-state index contributed by atoms with van der Waals surface area (Å²) in [6.07, 6.45) is 6.84. The van der Waals surface area contributed by atoms with Gasteiger partial charge in [0.2, 0.25) is 0 Å². The Bertz CT molecular complexity index is 1280. The predicted octanol–water partition coefficient (Wildman–Crippen LogP) is -0.0986. The molecule has 0 bridgehead atoms. The van der Waals surface area contributed by atoms with Crippen LogP contribution in [0.2, 0.25) is 0 Å². The predicted molar refractivity (Wildman–Crippen MR) is 119 cm³/mol. The molecule has 1 aromatic carbocycles. The fourth-order valence-corrected chi connectivity index (χ4v) is 4.09. The molecular weight excluding hydrogens is 376 g/mol. The Morgan fingerprint density at radius 2 is 1.80 bits per heavy atom. The van der Waals surface area contributed by atoms with E-state index in [9.17, 15) is 9.90 Å². The van der Waals surface area contributed by atoms with Crippen molar-refractivity contribution in [2.75, 3.05) is 41.3 Å². The molecular formula is C24H28N4O2. The summed E-state index contributed by atoms with van der Waals surface area (Å²) in [5, 5.41) is 13.9. The lowest BCUT2D eigenvalue weighted by atomic mass is 9.99. The molecule has 0 unspecified atom stereocenters. The lowest BCUT2D eigenvalue weighted by Gasteiger charge is -2.12. The normalized spacial score (nSPS) is 16.7. The first-order valence-corrected chi connectivity index (χ1v) is 10.2. The quantitative estimate of drug-likeness (QED) is 0.706. The molecule has 2 N–H and O–H groups in total. The zero-order valence-corrected chi connectivity index (χ0v) is 18.0. The number of nitrogens with one attached hydrogen (secondary N) is 1. The fraction of sp³-hybridized carbons (Fsp3) is 0.333. The molecule has 0 spiro atoms. The molecule has 6 nitrogen and oxygen atoms in total. The highest BCUT2D eigenvalue weighted by molar-refractivity contribution is 6.08. The van der Waals surface area contributed by atoms with Gasteiger partial charge >= 0.3 is 0 Å². The number of hydrogen-bond acceptors (Lipinski definition) is 5. The Hall–Kier alpha value is -2.96. The van der Waals surface area contributed by atoms with Crippen molar-refractivity contribution in [1.82, 2.24) is 14.8 Å². The SMILES string of the molecule is CN(C)CCC1=c2c(O)cccc2=NC1=c1[nH]c2c(c1CCN(C)C)C(=O)C=CC=2. The second-order valence-electron chi connectivity index (χ2n) is 8.37. The minimum Gasteiger partial charge on any atom is -0.507 e. The third-order valence-electron chi connectivity index (χ3n) is 5.58. The lowest BCUT2D eigenvalue weighted by Crippen LogP contribution is -2.25. The molecule has 2 heterocycles. The van der Waals surface area contributed by atoms with Gasteiger partial charge in [-0.25, -0.2) is 4.99 Å². The van der Waals surface area contributed by atoms with Gasteiger partial charge in [-0.15, -0.1) is 0 Å². The van der Waals surface area contributed by atoms with Gasteiger partial charge in [0.25, 0.3) is 0 Å². The molecule has 1 aromatic heterocycles. The summed E-state index contributed by atoms with van der Waals surface area (Å²) in [7, 11) is 8.13. The third kappa shape index (κ3) is 3.64. The Labute approximate surface area is 175 Å². The van der Waals surface area contributed by atoms with Crippen LogP contribution >= 0.6 is 0 Å². The van der Waals surface area contributed by atoms with Crippen molar-refractivity contribution in [3.05, 3.63) is 62.8 Å². The largest absolute Gasteiger partial charge is 0.507 e. The molecule has 0 saturated heterocycles. The van der Waals surface area contributed by atoms with Crippen molar-refractivity contribution in [3.63, 3.8) is 0 Å². The molecule has 30 heavy (non-hydrogen) atoms. The number of carbonyl (C=O) groups excluding carboxylic acids is 1. The van der Waals surface area contributed by atoms with Crippen molar-refractivity contribution >= 4 is 23.1 Å². The topological polar surface area (TPSA) is 71.9 Å². The number of carbonyl (C=O) groups is 1. The van der Waals surface area contributed by atoms with E-state index in [1.54, 1.807) is 18.2 Å². The first-order valence-electron chi connectivity index (χ1n) is 10.2. The number of allylic oxidation sites excluding steroid dienone is 2. The zero-order valence-electron chi connectivity index (χ0n) is 18.0. The molecule has 4 rings (SSSR count). The highest BCUT2D eigenvalue weighted by atomic mass is 16.3. The molecule has 0 atom stereocenters. The van der Waals surface area contributed by atoms with E-state index >= 15 is 0 Å². The molecule has 0 amide bonds. The van der Waals surface area contributed by atoms with Crippen molar-refractivity contribution in [1.29, 1.82) is 0 Å². The zero-order chi connectivity index (χ0) is 21.4. The summed E-state index contributed by atoms with van der Waals surface area (Å²) in [6, 6.07) is 5.46. The van der Waals surface area contributed by atoms with Crippen LogP contribution in [0.3, 0.4) is 0 Å². The van der Waals surface area contributed by atoms with Crippen LogP contribution in [-0.2, 0) is 6.42 Å². The molecule has 1 aliphatic heterocycles. The van der Waals surface area contributed by atoms with Crippen LogP contribution in [-0.4, -0.2) is 67.0 Å². The van der Waals surface area contributed by atoms with Crippen molar-refractivity contribution in [2.45, 2.75) is 12.8 Å². The highest BCUT2D eigenvalue weighted by Crippen LogP contribution is 2.21. The number of benzene rings is 1. The van der Waals surface area contributed by atoms with Crippen LogP contribution in [0.25, 0.3) is 17.3 Å². The van der Waals surface area contributed by atoms with Crippen molar-refractivity contribution in [2.24, 2.45) is 4.99 Å². The first kappa shape index (κ1) is 20.3. The number of H-pyrrole nitrogens is 1. The summed E-state index contributed by atoms with van der Waals surface area (Å²) < 4.78 is 0. The van der Waals surface area contributed by atoms with Crippen molar-refractivity contribution in [3.8, 4) is 5.75 Å². The molecule has 1 aliphatic carbocycles. The molecule has 156 valence electrons. The van der Waals surface area contributed by atoms with E-state index in [1.165, 1.54) is 0 Å². The van der Waals surface area contributed by atoms with E-state index in [1.807, 2.05) is 46.4 Å². The highest BCUT2D eigenvalue weighted by Gasteiger charge is 2.23. The van der Waals surface area contributed by atoms with Gasteiger partial charge in [-0.1, -0.05) is 12.1 Å². The minimum absolute atomic E-state index is 0.0255. The molecule has 0 radical (unpaired) electrons. The Morgan fingerprint density at radius 1 is 1.07 bits per heavy atom. The summed E-state index contributed by atoms with van der Waals surface area (Å²) in [4.78, 5) is 25.3. The van der Waals surface area contributed by atoms with Gasteiger partial charge in [0.05, 0.1) is 27.3 Å². The van der Waals surface area contributed by atoms with Crippen molar-refractivity contribution < 1.29 is 9.90 Å². The number of aromatic nitrogens is 1. The standard InChI is InChI=1S/C24H28N4O2/c1-27(2)13-11-15-21-17(7-5-9-19(21)29)25-23(15)24-16(12-14-28(3)4)22-18(26-24)8-6-10-20(22)30/h5-10,25,30H,11-14H2,1-4H3. The molecule has 6 heteroatoms. The van der Waals surface area contributed by atoms with Gasteiger partial charge in [0.15, 0.2) is 5.78 Å². The average Bonchev–Trinajstić information content (AvgIpc) is 3.24. The van der Waals surface area contributed by atoms with Crippen LogP contribution < -0.4 is 21.3 Å². The number of aromatic hydroxyl groups is 1. The summed E-state index contributed by atoms with van der Waals surface area (Å²) >= 11 is 0. The smallest absolute Gasteiger partial charge is 0.188 e. The number of aromatic amines is 1. The second-order valence-corrected chi connectivity index (χ2v) is 8.37. The number of rotatable bonds is 6. The number of phenolic OH excluding ortho intramolecular Hbond substituents is 1. The number of hydrogen-bond donors (Lipinski definition) is 2. The number of nitrogens with zero attached hydrogens (tertiary/aromatic N) is 3. The second kappa shape index (κ2) is 8.05. The number of ketones is 1. The summed E-state index contributed by atoms with van der Waals surface area (Å²) in [5.74, 6) is 0.271. The molecule has 0 fully saturated rings. The number of fused-ring (bicyclic) bond motifs is 2. The van der Waals surface area contributed by atoms with Crippen LogP contribution in [0.1, 0.15) is 22.3 Å². The molecule has 0 saturated carbocycles. The van der Waals surface area contributed by atoms with Gasteiger partial charge < -0.3 is 19.9 Å². The van der Waals surface area contributed by atoms with E-state index < -0.39 is 0 Å². The number of phenols is 1. The Balaban J connectivity index is 2.03. The summed E-state index contributed by atoms with van der Waals surface area (Å²) in [5.41, 5.74) is 3.58. The van der Waals surface area contributed by atoms with Gasteiger partial charge in [-0.3, -0.25) is 4.79 Å². The summed E-state index contributed by atoms with van der Waals surface area (Å²) in [6.45, 7) is 1.66. The number of likely N-dealkylation sites (N-methyl/N-ethyl adjacent to an activating group) is 1. The molecule has 2 aliphatic rings. The third-order valence-corrected chi connectivity index (χ3v) is 5.58.